The minimum Gasteiger partial charge on any atom is -0.488 e. The molecule has 0 atom stereocenters. The normalized spacial score (nSPS) is 10.4. The number of hydrogen-bond acceptors (Lipinski definition) is 2. The standard InChI is InChI=1S/C20H16Br2O2/c21-17-12-20(24-14-16-9-5-2-6-10-16)18(22)11-19(17)23-13-15-7-3-1-4-8-15/h1-12H,13-14H2. The van der Waals surface area contributed by atoms with Crippen molar-refractivity contribution in [3.05, 3.63) is 92.9 Å². The van der Waals surface area contributed by atoms with E-state index in [9.17, 15) is 0 Å². The number of hydrogen-bond donors (Lipinski definition) is 0. The summed E-state index contributed by atoms with van der Waals surface area (Å²) < 4.78 is 13.5. The van der Waals surface area contributed by atoms with Gasteiger partial charge in [-0.05, 0) is 55.1 Å². The van der Waals surface area contributed by atoms with Crippen LogP contribution < -0.4 is 9.47 Å². The molecule has 3 rings (SSSR count). The molecule has 122 valence electrons. The summed E-state index contributed by atoms with van der Waals surface area (Å²) in [5.74, 6) is 1.55. The molecule has 3 aromatic carbocycles. The van der Waals surface area contributed by atoms with E-state index in [4.69, 9.17) is 9.47 Å². The van der Waals surface area contributed by atoms with E-state index in [0.717, 1.165) is 31.6 Å². The molecule has 0 radical (unpaired) electrons. The predicted octanol–water partition coefficient (Wildman–Crippen LogP) is 6.37. The van der Waals surface area contributed by atoms with Gasteiger partial charge in [-0.3, -0.25) is 0 Å². The molecule has 0 aromatic heterocycles. The number of halogens is 2. The number of benzene rings is 3. The van der Waals surface area contributed by atoms with E-state index < -0.39 is 0 Å². The van der Waals surface area contributed by atoms with Crippen LogP contribution >= 0.6 is 31.9 Å². The second-order valence-corrected chi connectivity index (χ2v) is 6.97. The van der Waals surface area contributed by atoms with Gasteiger partial charge in [-0.2, -0.15) is 0 Å². The molecule has 0 heterocycles. The molecule has 0 spiro atoms. The molecule has 0 bridgehead atoms. The van der Waals surface area contributed by atoms with Crippen LogP contribution in [0.5, 0.6) is 11.5 Å². The molecule has 2 nitrogen and oxygen atoms in total. The summed E-state index contributed by atoms with van der Waals surface area (Å²) >= 11 is 7.11. The highest BCUT2D eigenvalue weighted by Gasteiger charge is 2.09. The fourth-order valence-electron chi connectivity index (χ4n) is 2.20. The molecule has 0 aliphatic heterocycles. The lowest BCUT2D eigenvalue weighted by molar-refractivity contribution is 0.294. The zero-order chi connectivity index (χ0) is 16.8. The van der Waals surface area contributed by atoms with Crippen molar-refractivity contribution in [3.8, 4) is 11.5 Å². The Bertz CT molecular complexity index is 720. The minimum absolute atomic E-state index is 0.524. The van der Waals surface area contributed by atoms with Crippen molar-refractivity contribution in [2.24, 2.45) is 0 Å². The molecular formula is C20H16Br2O2. The molecule has 0 fully saturated rings. The molecule has 0 amide bonds. The predicted molar refractivity (Wildman–Crippen MR) is 103 cm³/mol. The van der Waals surface area contributed by atoms with Crippen molar-refractivity contribution < 1.29 is 9.47 Å². The van der Waals surface area contributed by atoms with Gasteiger partial charge in [0.2, 0.25) is 0 Å². The zero-order valence-corrected chi connectivity index (χ0v) is 16.1. The lowest BCUT2D eigenvalue weighted by Gasteiger charge is -2.13. The molecule has 0 N–H and O–H groups in total. The van der Waals surface area contributed by atoms with E-state index in [1.165, 1.54) is 0 Å². The molecule has 0 aliphatic rings. The first-order chi connectivity index (χ1) is 11.7. The Labute approximate surface area is 158 Å². The molecule has 0 saturated carbocycles. The number of rotatable bonds is 6. The second kappa shape index (κ2) is 8.36. The first-order valence-electron chi connectivity index (χ1n) is 7.55. The third-order valence-corrected chi connectivity index (χ3v) is 4.70. The maximum atomic E-state index is 5.89. The van der Waals surface area contributed by atoms with Crippen molar-refractivity contribution in [2.75, 3.05) is 0 Å². The van der Waals surface area contributed by atoms with Crippen LogP contribution in [0.2, 0.25) is 0 Å². The van der Waals surface area contributed by atoms with Gasteiger partial charge in [-0.1, -0.05) is 60.7 Å². The Kier molecular flexibility index (Phi) is 5.94. The van der Waals surface area contributed by atoms with E-state index in [1.807, 2.05) is 72.8 Å². The van der Waals surface area contributed by atoms with Crippen molar-refractivity contribution in [1.29, 1.82) is 0 Å². The molecule has 0 aliphatic carbocycles. The van der Waals surface area contributed by atoms with E-state index in [2.05, 4.69) is 31.9 Å². The summed E-state index contributed by atoms with van der Waals surface area (Å²) in [5, 5.41) is 0. The second-order valence-electron chi connectivity index (χ2n) is 5.26. The summed E-state index contributed by atoms with van der Waals surface area (Å²) in [4.78, 5) is 0. The smallest absolute Gasteiger partial charge is 0.135 e. The van der Waals surface area contributed by atoms with Gasteiger partial charge in [0.15, 0.2) is 0 Å². The average Bonchev–Trinajstić information content (AvgIpc) is 2.62. The Morgan fingerprint density at radius 3 is 1.33 bits per heavy atom. The number of ether oxygens (including phenoxy) is 2. The third kappa shape index (κ3) is 4.62. The molecule has 24 heavy (non-hydrogen) atoms. The van der Waals surface area contributed by atoms with Gasteiger partial charge < -0.3 is 9.47 Å². The van der Waals surface area contributed by atoms with E-state index in [-0.39, 0.29) is 0 Å². The summed E-state index contributed by atoms with van der Waals surface area (Å²) in [6.45, 7) is 1.05. The average molecular weight is 448 g/mol. The largest absolute Gasteiger partial charge is 0.488 e. The quantitative estimate of drug-likeness (QED) is 0.437. The van der Waals surface area contributed by atoms with Crippen LogP contribution in [0.15, 0.2) is 81.7 Å². The Balaban J connectivity index is 1.67. The first-order valence-corrected chi connectivity index (χ1v) is 9.13. The SMILES string of the molecule is Brc1cc(OCc2ccccc2)c(Br)cc1OCc1ccccc1. The van der Waals surface area contributed by atoms with Crippen molar-refractivity contribution in [1.82, 2.24) is 0 Å². The third-order valence-electron chi connectivity index (χ3n) is 3.46. The van der Waals surface area contributed by atoms with Gasteiger partial charge in [0, 0.05) is 0 Å². The van der Waals surface area contributed by atoms with Gasteiger partial charge >= 0.3 is 0 Å². The van der Waals surface area contributed by atoms with Crippen LogP contribution in [0.1, 0.15) is 11.1 Å². The summed E-state index contributed by atoms with van der Waals surface area (Å²) in [6, 6.07) is 24.0. The summed E-state index contributed by atoms with van der Waals surface area (Å²) in [5.41, 5.74) is 2.26. The fourth-order valence-corrected chi connectivity index (χ4v) is 3.08. The maximum Gasteiger partial charge on any atom is 0.135 e. The highest BCUT2D eigenvalue weighted by molar-refractivity contribution is 9.11. The first kappa shape index (κ1) is 17.1. The molecule has 0 saturated heterocycles. The van der Waals surface area contributed by atoms with Crippen LogP contribution in [0.4, 0.5) is 0 Å². The van der Waals surface area contributed by atoms with Crippen LogP contribution in [0, 0.1) is 0 Å². The van der Waals surface area contributed by atoms with Gasteiger partial charge in [-0.25, -0.2) is 0 Å². The van der Waals surface area contributed by atoms with Gasteiger partial charge in [0.05, 0.1) is 8.95 Å². The lowest BCUT2D eigenvalue weighted by atomic mass is 10.2. The molecular weight excluding hydrogens is 432 g/mol. The lowest BCUT2D eigenvalue weighted by Crippen LogP contribution is -1.98. The van der Waals surface area contributed by atoms with Crippen LogP contribution in [0.3, 0.4) is 0 Å². The highest BCUT2D eigenvalue weighted by Crippen LogP contribution is 2.37. The topological polar surface area (TPSA) is 18.5 Å². The highest BCUT2D eigenvalue weighted by atomic mass is 79.9. The van der Waals surface area contributed by atoms with E-state index >= 15 is 0 Å². The monoisotopic (exact) mass is 446 g/mol. The van der Waals surface area contributed by atoms with Crippen LogP contribution in [-0.4, -0.2) is 0 Å². The summed E-state index contributed by atoms with van der Waals surface area (Å²) in [7, 11) is 0. The van der Waals surface area contributed by atoms with Crippen molar-refractivity contribution in [3.63, 3.8) is 0 Å². The molecule has 4 heteroatoms. The van der Waals surface area contributed by atoms with Crippen molar-refractivity contribution in [2.45, 2.75) is 13.2 Å². The Morgan fingerprint density at radius 1 is 0.583 bits per heavy atom. The summed E-state index contributed by atoms with van der Waals surface area (Å²) in [6.07, 6.45) is 0. The minimum atomic E-state index is 0.524. The van der Waals surface area contributed by atoms with Crippen LogP contribution in [-0.2, 0) is 13.2 Å². The van der Waals surface area contributed by atoms with Crippen molar-refractivity contribution >= 4 is 31.9 Å². The Morgan fingerprint density at radius 2 is 0.958 bits per heavy atom. The fraction of sp³-hybridized carbons (Fsp3) is 0.100. The van der Waals surface area contributed by atoms with Gasteiger partial charge in [-0.15, -0.1) is 0 Å². The van der Waals surface area contributed by atoms with Gasteiger partial charge in [0.25, 0.3) is 0 Å². The molecule has 0 unspecified atom stereocenters. The van der Waals surface area contributed by atoms with E-state index in [0.29, 0.717) is 13.2 Å². The van der Waals surface area contributed by atoms with Crippen LogP contribution in [0.25, 0.3) is 0 Å². The van der Waals surface area contributed by atoms with Gasteiger partial charge in [0.1, 0.15) is 24.7 Å². The Hall–Kier alpha value is -1.78. The van der Waals surface area contributed by atoms with E-state index in [1.54, 1.807) is 0 Å². The maximum absolute atomic E-state index is 5.89. The zero-order valence-electron chi connectivity index (χ0n) is 12.9. The molecule has 3 aromatic rings.